The third-order valence-electron chi connectivity index (χ3n) is 1.97. The molecule has 0 aromatic heterocycles. The molecule has 0 aliphatic carbocycles. The Morgan fingerprint density at radius 2 is 2.33 bits per heavy atom. The van der Waals surface area contributed by atoms with Crippen molar-refractivity contribution in [2.75, 3.05) is 6.61 Å². The zero-order chi connectivity index (χ0) is 8.55. The van der Waals surface area contributed by atoms with Crippen LogP contribution < -0.4 is 10.5 Å². The molecule has 0 unspecified atom stereocenters. The van der Waals surface area contributed by atoms with Crippen LogP contribution in [0.5, 0.6) is 5.75 Å². The van der Waals surface area contributed by atoms with Gasteiger partial charge in [-0.3, -0.25) is 0 Å². The molecule has 0 amide bonds. The summed E-state index contributed by atoms with van der Waals surface area (Å²) in [4.78, 5) is 0. The first-order chi connectivity index (χ1) is 5.77. The van der Waals surface area contributed by atoms with Gasteiger partial charge in [-0.2, -0.15) is 0 Å². The van der Waals surface area contributed by atoms with Crippen molar-refractivity contribution in [3.63, 3.8) is 0 Å². The van der Waals surface area contributed by atoms with E-state index in [4.69, 9.17) is 10.5 Å². The molecule has 0 radical (unpaired) electrons. The van der Waals surface area contributed by atoms with Gasteiger partial charge in [0.1, 0.15) is 12.4 Å². The Bertz CT molecular complexity index is 301. The van der Waals surface area contributed by atoms with Crippen LogP contribution in [0.2, 0.25) is 0 Å². The maximum Gasteiger partial charge on any atom is 0.136 e. The molecule has 0 spiro atoms. The highest BCUT2D eigenvalue weighted by atomic mass is 79.9. The summed E-state index contributed by atoms with van der Waals surface area (Å²) in [7, 11) is 0. The largest absolute Gasteiger partial charge is 0.490 e. The molecule has 1 heterocycles. The minimum absolute atomic E-state index is 0.145. The van der Waals surface area contributed by atoms with Gasteiger partial charge in [-0.1, -0.05) is 12.1 Å². The molecule has 0 saturated heterocycles. The summed E-state index contributed by atoms with van der Waals surface area (Å²) in [5.41, 5.74) is 6.96. The summed E-state index contributed by atoms with van der Waals surface area (Å²) in [5.74, 6) is 0.958. The lowest BCUT2D eigenvalue weighted by Gasteiger charge is -2.22. The number of fused-ring (bicyclic) bond motifs is 1. The van der Waals surface area contributed by atoms with E-state index in [1.807, 2.05) is 12.1 Å². The van der Waals surface area contributed by atoms with Crippen LogP contribution in [0.25, 0.3) is 0 Å². The summed E-state index contributed by atoms with van der Waals surface area (Å²) < 4.78 is 6.51. The lowest BCUT2D eigenvalue weighted by Crippen LogP contribution is -2.33. The van der Waals surface area contributed by atoms with E-state index in [1.165, 1.54) is 5.56 Å². The van der Waals surface area contributed by atoms with Crippen LogP contribution in [0.1, 0.15) is 5.56 Å². The highest BCUT2D eigenvalue weighted by Crippen LogP contribution is 2.32. The van der Waals surface area contributed by atoms with Gasteiger partial charge >= 0.3 is 0 Å². The molecule has 3 heteroatoms. The summed E-state index contributed by atoms with van der Waals surface area (Å²) in [6.45, 7) is 0.621. The highest BCUT2D eigenvalue weighted by Gasteiger charge is 2.17. The number of ether oxygens (including phenoxy) is 1. The number of hydrogen-bond acceptors (Lipinski definition) is 2. The zero-order valence-corrected chi connectivity index (χ0v) is 8.17. The maximum atomic E-state index is 5.76. The number of para-hydroxylation sites is 1. The van der Waals surface area contributed by atoms with Gasteiger partial charge in [0.05, 0.1) is 4.47 Å². The number of hydrogen-bond donors (Lipinski definition) is 1. The van der Waals surface area contributed by atoms with Crippen LogP contribution in [0.4, 0.5) is 0 Å². The predicted molar refractivity (Wildman–Crippen MR) is 51.3 cm³/mol. The third-order valence-corrected chi connectivity index (χ3v) is 2.60. The van der Waals surface area contributed by atoms with Crippen LogP contribution >= 0.6 is 15.9 Å². The standard InChI is InChI=1S/C9H10BrNO/c10-8-3-1-2-6-4-7(11)5-12-9(6)8/h1-3,7H,4-5,11H2/t7-/m1/s1. The minimum atomic E-state index is 0.145. The van der Waals surface area contributed by atoms with E-state index in [0.717, 1.165) is 16.6 Å². The molecule has 2 N–H and O–H groups in total. The summed E-state index contributed by atoms with van der Waals surface area (Å²) >= 11 is 3.44. The Morgan fingerprint density at radius 1 is 1.50 bits per heavy atom. The van der Waals surface area contributed by atoms with Gasteiger partial charge in [-0.05, 0) is 34.0 Å². The van der Waals surface area contributed by atoms with Crippen molar-refractivity contribution < 1.29 is 4.74 Å². The molecule has 2 rings (SSSR count). The first kappa shape index (κ1) is 8.08. The summed E-state index contributed by atoms with van der Waals surface area (Å²) in [6, 6.07) is 6.19. The smallest absolute Gasteiger partial charge is 0.136 e. The second-order valence-corrected chi connectivity index (χ2v) is 3.86. The van der Waals surface area contributed by atoms with Crippen LogP contribution in [-0.2, 0) is 6.42 Å². The van der Waals surface area contributed by atoms with Crippen LogP contribution in [0, 0.1) is 0 Å². The van der Waals surface area contributed by atoms with E-state index in [9.17, 15) is 0 Å². The molecular formula is C9H10BrNO. The molecule has 1 aromatic carbocycles. The Hall–Kier alpha value is -0.540. The quantitative estimate of drug-likeness (QED) is 0.733. The van der Waals surface area contributed by atoms with Gasteiger partial charge in [-0.15, -0.1) is 0 Å². The van der Waals surface area contributed by atoms with Crippen molar-refractivity contribution in [2.45, 2.75) is 12.5 Å². The number of nitrogens with two attached hydrogens (primary N) is 1. The van der Waals surface area contributed by atoms with E-state index in [-0.39, 0.29) is 6.04 Å². The molecule has 0 saturated carbocycles. The fraction of sp³-hybridized carbons (Fsp3) is 0.333. The first-order valence-corrected chi connectivity index (χ1v) is 4.72. The van der Waals surface area contributed by atoms with E-state index in [1.54, 1.807) is 0 Å². The molecule has 1 aromatic rings. The molecule has 0 fully saturated rings. The van der Waals surface area contributed by atoms with Crippen LogP contribution in [0.3, 0.4) is 0 Å². The Kier molecular flexibility index (Phi) is 2.07. The molecule has 2 nitrogen and oxygen atoms in total. The number of halogens is 1. The van der Waals surface area contributed by atoms with Gasteiger partial charge in [0.25, 0.3) is 0 Å². The van der Waals surface area contributed by atoms with Crippen molar-refractivity contribution in [2.24, 2.45) is 5.73 Å². The normalized spacial score (nSPS) is 21.3. The first-order valence-electron chi connectivity index (χ1n) is 3.93. The lowest BCUT2D eigenvalue weighted by atomic mass is 10.0. The fourth-order valence-electron chi connectivity index (χ4n) is 1.41. The molecule has 12 heavy (non-hydrogen) atoms. The van der Waals surface area contributed by atoms with Crippen molar-refractivity contribution in [3.05, 3.63) is 28.2 Å². The van der Waals surface area contributed by atoms with E-state index in [0.29, 0.717) is 6.61 Å². The molecule has 64 valence electrons. The van der Waals surface area contributed by atoms with Gasteiger partial charge < -0.3 is 10.5 Å². The average Bonchev–Trinajstić information content (AvgIpc) is 2.04. The van der Waals surface area contributed by atoms with Crippen molar-refractivity contribution in [1.82, 2.24) is 0 Å². The van der Waals surface area contributed by atoms with Crippen LogP contribution in [-0.4, -0.2) is 12.6 Å². The van der Waals surface area contributed by atoms with E-state index < -0.39 is 0 Å². The van der Waals surface area contributed by atoms with Gasteiger partial charge in [0.2, 0.25) is 0 Å². The van der Waals surface area contributed by atoms with Gasteiger partial charge in [0.15, 0.2) is 0 Å². The average molecular weight is 228 g/mol. The Labute approximate surface area is 79.8 Å². The maximum absolute atomic E-state index is 5.76. The molecule has 1 aliphatic rings. The Morgan fingerprint density at radius 3 is 3.17 bits per heavy atom. The van der Waals surface area contributed by atoms with Crippen molar-refractivity contribution in [1.29, 1.82) is 0 Å². The zero-order valence-electron chi connectivity index (χ0n) is 6.59. The monoisotopic (exact) mass is 227 g/mol. The fourth-order valence-corrected chi connectivity index (χ4v) is 1.93. The van der Waals surface area contributed by atoms with Crippen molar-refractivity contribution >= 4 is 15.9 Å². The van der Waals surface area contributed by atoms with Crippen molar-refractivity contribution in [3.8, 4) is 5.75 Å². The minimum Gasteiger partial charge on any atom is -0.490 e. The predicted octanol–water partition coefficient (Wildman–Crippen LogP) is 1.71. The second-order valence-electron chi connectivity index (χ2n) is 3.00. The molecular weight excluding hydrogens is 218 g/mol. The topological polar surface area (TPSA) is 35.2 Å². The second kappa shape index (κ2) is 3.07. The number of rotatable bonds is 0. The summed E-state index contributed by atoms with van der Waals surface area (Å²) in [5, 5.41) is 0. The third kappa shape index (κ3) is 1.34. The molecule has 0 bridgehead atoms. The van der Waals surface area contributed by atoms with E-state index >= 15 is 0 Å². The lowest BCUT2D eigenvalue weighted by molar-refractivity contribution is 0.262. The van der Waals surface area contributed by atoms with Crippen LogP contribution in [0.15, 0.2) is 22.7 Å². The molecule has 1 atom stereocenters. The molecule has 1 aliphatic heterocycles. The summed E-state index contributed by atoms with van der Waals surface area (Å²) in [6.07, 6.45) is 0.911. The van der Waals surface area contributed by atoms with Gasteiger partial charge in [-0.25, -0.2) is 0 Å². The highest BCUT2D eigenvalue weighted by molar-refractivity contribution is 9.10. The Balaban J connectivity index is 2.42. The SMILES string of the molecule is N[C@H]1COc2c(Br)cccc2C1. The van der Waals surface area contributed by atoms with E-state index in [2.05, 4.69) is 22.0 Å². The number of benzene rings is 1. The van der Waals surface area contributed by atoms with Gasteiger partial charge in [0, 0.05) is 6.04 Å².